The van der Waals surface area contributed by atoms with Crippen molar-refractivity contribution in [3.05, 3.63) is 57.3 Å². The van der Waals surface area contributed by atoms with Gasteiger partial charge in [0.2, 0.25) is 0 Å². The highest BCUT2D eigenvalue weighted by Crippen LogP contribution is 2.34. The molecule has 1 fully saturated rings. The van der Waals surface area contributed by atoms with E-state index in [1.165, 1.54) is 0 Å². The molecule has 0 saturated carbocycles. The summed E-state index contributed by atoms with van der Waals surface area (Å²) in [6, 6.07) is 9.23. The Hall–Kier alpha value is -2.38. The average Bonchev–Trinajstić information content (AvgIpc) is 3.07. The van der Waals surface area contributed by atoms with Crippen molar-refractivity contribution in [3.8, 4) is 0 Å². The molecule has 9 heteroatoms. The Morgan fingerprint density at radius 2 is 1.88 bits per heavy atom. The maximum Gasteiger partial charge on any atom is 0.321 e. The van der Waals surface area contributed by atoms with E-state index in [0.29, 0.717) is 29.0 Å². The Kier molecular flexibility index (Phi) is 7.06. The molecule has 1 aliphatic heterocycles. The number of carbonyl (C=O) groups excluding carboxylic acids is 1. The van der Waals surface area contributed by atoms with E-state index in [1.54, 1.807) is 12.1 Å². The largest absolute Gasteiger partial charge is 0.370 e. The fourth-order valence-electron chi connectivity index (χ4n) is 4.28. The van der Waals surface area contributed by atoms with Crippen molar-refractivity contribution in [2.75, 3.05) is 18.0 Å². The average molecular weight is 509 g/mol. The summed E-state index contributed by atoms with van der Waals surface area (Å²) in [5, 5.41) is 3.49. The van der Waals surface area contributed by atoms with E-state index in [9.17, 15) is 13.6 Å². The van der Waals surface area contributed by atoms with Crippen LogP contribution < -0.4 is 10.2 Å². The summed E-state index contributed by atoms with van der Waals surface area (Å²) in [6.45, 7) is 4.82. The number of imidazole rings is 1. The lowest BCUT2D eigenvalue weighted by molar-refractivity contribution is -0.143. The van der Waals surface area contributed by atoms with Gasteiger partial charge >= 0.3 is 5.92 Å². The molecule has 0 atom stereocenters. The molecule has 1 aliphatic rings. The zero-order valence-corrected chi connectivity index (χ0v) is 21.0. The van der Waals surface area contributed by atoms with Crippen molar-refractivity contribution in [1.29, 1.82) is 0 Å². The molecular weight excluding hydrogens is 481 g/mol. The highest BCUT2D eigenvalue weighted by Gasteiger charge is 2.31. The number of nitrogens with one attached hydrogen (secondary N) is 1. The fraction of sp³-hybridized carbons (Fsp3) is 0.440. The number of amides is 1. The van der Waals surface area contributed by atoms with Crippen LogP contribution in [0, 0.1) is 5.92 Å². The van der Waals surface area contributed by atoms with Gasteiger partial charge in [-0.2, -0.15) is 8.78 Å². The van der Waals surface area contributed by atoms with Crippen LogP contribution in [0.3, 0.4) is 0 Å². The monoisotopic (exact) mass is 508 g/mol. The van der Waals surface area contributed by atoms with Crippen LogP contribution in [-0.4, -0.2) is 34.5 Å². The second-order valence-electron chi connectivity index (χ2n) is 9.22. The predicted molar refractivity (Wildman–Crippen MR) is 133 cm³/mol. The van der Waals surface area contributed by atoms with Crippen LogP contribution in [0.2, 0.25) is 10.0 Å². The third kappa shape index (κ3) is 5.31. The van der Waals surface area contributed by atoms with E-state index in [2.05, 4.69) is 23.2 Å². The second-order valence-corrected chi connectivity index (χ2v) is 10.0. The summed E-state index contributed by atoms with van der Waals surface area (Å²) >= 11 is 13.1. The Morgan fingerprint density at radius 1 is 1.18 bits per heavy atom. The number of benzene rings is 2. The molecule has 1 N–H and O–H groups in total. The number of rotatable bonds is 6. The number of fused-ring (bicyclic) bond motifs is 1. The topological polar surface area (TPSA) is 50.2 Å². The minimum atomic E-state index is -3.42. The van der Waals surface area contributed by atoms with E-state index >= 15 is 0 Å². The quantitative estimate of drug-likeness (QED) is 0.445. The SMILES string of the molecule is CC1CCN(c2cc3c(cc2Cl)nc(Cc2cc(CNC(=O)C(C)(F)F)ccc2Cl)n3C)CC1. The van der Waals surface area contributed by atoms with Gasteiger partial charge in [0.15, 0.2) is 0 Å². The maximum atomic E-state index is 13.1. The molecular formula is C25H28Cl2F2N4O. The Morgan fingerprint density at radius 3 is 2.56 bits per heavy atom. The first-order valence-corrected chi connectivity index (χ1v) is 12.1. The van der Waals surface area contributed by atoms with Crippen LogP contribution in [0.1, 0.15) is 43.6 Å². The number of alkyl halides is 2. The second kappa shape index (κ2) is 9.70. The number of hydrogen-bond acceptors (Lipinski definition) is 3. The smallest absolute Gasteiger partial charge is 0.321 e. The van der Waals surface area contributed by atoms with E-state index in [4.69, 9.17) is 28.2 Å². The Labute approximate surface area is 208 Å². The molecule has 2 heterocycles. The highest BCUT2D eigenvalue weighted by atomic mass is 35.5. The predicted octanol–water partition coefficient (Wildman–Crippen LogP) is 5.98. The molecule has 1 saturated heterocycles. The first-order valence-electron chi connectivity index (χ1n) is 11.4. The lowest BCUT2D eigenvalue weighted by Gasteiger charge is -2.32. The number of anilines is 1. The van der Waals surface area contributed by atoms with Gasteiger partial charge in [-0.3, -0.25) is 4.79 Å². The van der Waals surface area contributed by atoms with E-state index < -0.39 is 11.8 Å². The zero-order chi connectivity index (χ0) is 24.6. The lowest BCUT2D eigenvalue weighted by Crippen LogP contribution is -2.37. The van der Waals surface area contributed by atoms with Crippen molar-refractivity contribution in [2.45, 2.75) is 45.6 Å². The number of aryl methyl sites for hydroxylation is 1. The summed E-state index contributed by atoms with van der Waals surface area (Å²) in [7, 11) is 1.96. The zero-order valence-electron chi connectivity index (χ0n) is 19.5. The van der Waals surface area contributed by atoms with Gasteiger partial charge in [0.1, 0.15) is 5.82 Å². The van der Waals surface area contributed by atoms with Gasteiger partial charge in [0, 0.05) is 45.0 Å². The molecule has 1 aromatic heterocycles. The van der Waals surface area contributed by atoms with Gasteiger partial charge in [-0.05, 0) is 48.1 Å². The van der Waals surface area contributed by atoms with Crippen molar-refractivity contribution in [3.63, 3.8) is 0 Å². The molecule has 1 amide bonds. The van der Waals surface area contributed by atoms with Crippen molar-refractivity contribution >= 4 is 45.8 Å². The molecule has 182 valence electrons. The maximum absolute atomic E-state index is 13.1. The molecule has 34 heavy (non-hydrogen) atoms. The third-order valence-electron chi connectivity index (χ3n) is 6.48. The van der Waals surface area contributed by atoms with Crippen molar-refractivity contribution in [2.24, 2.45) is 13.0 Å². The molecule has 0 spiro atoms. The van der Waals surface area contributed by atoms with Crippen LogP contribution in [-0.2, 0) is 24.8 Å². The number of piperidine rings is 1. The van der Waals surface area contributed by atoms with Gasteiger partial charge < -0.3 is 14.8 Å². The Balaban J connectivity index is 1.57. The third-order valence-corrected chi connectivity index (χ3v) is 7.15. The summed E-state index contributed by atoms with van der Waals surface area (Å²) < 4.78 is 28.3. The van der Waals surface area contributed by atoms with Gasteiger partial charge in [0.05, 0.1) is 21.7 Å². The van der Waals surface area contributed by atoms with Crippen LogP contribution >= 0.6 is 23.2 Å². The minimum absolute atomic E-state index is 0.0115. The van der Waals surface area contributed by atoms with Gasteiger partial charge in [0.25, 0.3) is 5.91 Å². The first-order chi connectivity index (χ1) is 16.0. The molecule has 0 radical (unpaired) electrons. The highest BCUT2D eigenvalue weighted by molar-refractivity contribution is 6.34. The van der Waals surface area contributed by atoms with Crippen LogP contribution in [0.5, 0.6) is 0 Å². The summed E-state index contributed by atoms with van der Waals surface area (Å²) in [5.41, 5.74) is 4.30. The van der Waals surface area contributed by atoms with Gasteiger partial charge in [-0.15, -0.1) is 0 Å². The molecule has 0 unspecified atom stereocenters. The number of aromatic nitrogens is 2. The van der Waals surface area contributed by atoms with Crippen molar-refractivity contribution < 1.29 is 13.6 Å². The number of carbonyl (C=O) groups is 1. The van der Waals surface area contributed by atoms with E-state index in [-0.39, 0.29) is 6.54 Å². The number of hydrogen-bond donors (Lipinski definition) is 1. The number of halogens is 4. The van der Waals surface area contributed by atoms with E-state index in [1.807, 2.05) is 23.7 Å². The summed E-state index contributed by atoms with van der Waals surface area (Å²) in [5.74, 6) is -3.20. The van der Waals surface area contributed by atoms with Crippen LogP contribution in [0.4, 0.5) is 14.5 Å². The van der Waals surface area contributed by atoms with Gasteiger partial charge in [-0.1, -0.05) is 42.3 Å². The van der Waals surface area contributed by atoms with Crippen LogP contribution in [0.25, 0.3) is 11.0 Å². The normalized spacial score (nSPS) is 15.2. The molecule has 2 aromatic carbocycles. The summed E-state index contributed by atoms with van der Waals surface area (Å²) in [4.78, 5) is 18.6. The minimum Gasteiger partial charge on any atom is -0.370 e. The molecule has 4 rings (SSSR count). The first kappa shape index (κ1) is 24.7. The lowest BCUT2D eigenvalue weighted by atomic mass is 9.99. The number of nitrogens with zero attached hydrogens (tertiary/aromatic N) is 3. The fourth-order valence-corrected chi connectivity index (χ4v) is 4.74. The molecule has 5 nitrogen and oxygen atoms in total. The molecule has 0 bridgehead atoms. The van der Waals surface area contributed by atoms with Crippen molar-refractivity contribution in [1.82, 2.24) is 14.9 Å². The Bertz CT molecular complexity index is 1210. The van der Waals surface area contributed by atoms with Crippen LogP contribution in [0.15, 0.2) is 30.3 Å². The van der Waals surface area contributed by atoms with Gasteiger partial charge in [-0.25, -0.2) is 4.98 Å². The molecule has 0 aliphatic carbocycles. The van der Waals surface area contributed by atoms with E-state index in [0.717, 1.165) is 60.0 Å². The summed E-state index contributed by atoms with van der Waals surface area (Å²) in [6.07, 6.45) is 2.75. The molecule has 3 aromatic rings. The standard InChI is InChI=1S/C25H28Cl2F2N4O/c1-15-6-8-33(9-7-15)21-13-22-20(12-19(21)27)31-23(32(22)3)11-17-10-16(4-5-18(17)26)14-30-24(34)25(2,28)29/h4-5,10,12-13,15H,6-9,11,14H2,1-3H3,(H,30,34).